The van der Waals surface area contributed by atoms with E-state index in [1.807, 2.05) is 19.1 Å². The van der Waals surface area contributed by atoms with Crippen LogP contribution in [0.3, 0.4) is 0 Å². The van der Waals surface area contributed by atoms with Crippen molar-refractivity contribution in [1.82, 2.24) is 0 Å². The van der Waals surface area contributed by atoms with Crippen molar-refractivity contribution in [2.45, 2.75) is 33.2 Å². The van der Waals surface area contributed by atoms with E-state index in [9.17, 15) is 0 Å². The Kier molecular flexibility index (Phi) is 4.84. The maximum absolute atomic E-state index is 6.12. The summed E-state index contributed by atoms with van der Waals surface area (Å²) in [6.07, 6.45) is 0.799. The molecule has 1 unspecified atom stereocenters. The summed E-state index contributed by atoms with van der Waals surface area (Å²) in [5.41, 5.74) is 9.36. The van der Waals surface area contributed by atoms with Crippen LogP contribution in [0.2, 0.25) is 0 Å². The number of halogens is 1. The molecule has 0 fully saturated rings. The predicted molar refractivity (Wildman–Crippen MR) is 87.5 cm³/mol. The van der Waals surface area contributed by atoms with Gasteiger partial charge in [0.1, 0.15) is 11.5 Å². The molecule has 2 rings (SSSR count). The van der Waals surface area contributed by atoms with Gasteiger partial charge < -0.3 is 10.5 Å². The van der Waals surface area contributed by atoms with E-state index >= 15 is 0 Å². The number of aryl methyl sites for hydroxylation is 2. The van der Waals surface area contributed by atoms with Crippen molar-refractivity contribution >= 4 is 15.9 Å². The quantitative estimate of drug-likeness (QED) is 0.876. The van der Waals surface area contributed by atoms with Crippen molar-refractivity contribution in [3.63, 3.8) is 0 Å². The van der Waals surface area contributed by atoms with Gasteiger partial charge in [-0.05, 0) is 62.1 Å². The van der Waals surface area contributed by atoms with Gasteiger partial charge in [-0.15, -0.1) is 0 Å². The van der Waals surface area contributed by atoms with Gasteiger partial charge in [-0.3, -0.25) is 0 Å². The van der Waals surface area contributed by atoms with E-state index in [4.69, 9.17) is 10.5 Å². The van der Waals surface area contributed by atoms with Gasteiger partial charge in [0.05, 0.1) is 0 Å². The molecule has 0 heterocycles. The monoisotopic (exact) mass is 333 g/mol. The average Bonchev–Trinajstić information content (AvgIpc) is 2.37. The van der Waals surface area contributed by atoms with Gasteiger partial charge in [-0.1, -0.05) is 34.1 Å². The fourth-order valence-electron chi connectivity index (χ4n) is 2.07. The number of benzene rings is 2. The number of ether oxygens (including phenoxy) is 1. The van der Waals surface area contributed by atoms with Gasteiger partial charge in [-0.2, -0.15) is 0 Å². The van der Waals surface area contributed by atoms with E-state index in [2.05, 4.69) is 54.0 Å². The van der Waals surface area contributed by atoms with Crippen LogP contribution in [0.15, 0.2) is 40.9 Å². The first-order valence-corrected chi connectivity index (χ1v) is 7.54. The summed E-state index contributed by atoms with van der Waals surface area (Å²) in [6.45, 7) is 6.12. The lowest BCUT2D eigenvalue weighted by Crippen LogP contribution is -2.18. The third-order valence-electron chi connectivity index (χ3n) is 3.13. The Bertz CT molecular complexity index is 608. The second-order valence-corrected chi connectivity index (χ2v) is 6.22. The zero-order chi connectivity index (χ0) is 14.7. The van der Waals surface area contributed by atoms with Gasteiger partial charge in [0, 0.05) is 10.5 Å². The molecular weight excluding hydrogens is 314 g/mol. The van der Waals surface area contributed by atoms with Gasteiger partial charge in [0.15, 0.2) is 0 Å². The fourth-order valence-corrected chi connectivity index (χ4v) is 2.41. The van der Waals surface area contributed by atoms with E-state index in [-0.39, 0.29) is 6.04 Å². The first kappa shape index (κ1) is 15.1. The third-order valence-corrected chi connectivity index (χ3v) is 3.63. The Morgan fingerprint density at radius 1 is 1.10 bits per heavy atom. The molecule has 0 spiro atoms. The van der Waals surface area contributed by atoms with Crippen molar-refractivity contribution in [1.29, 1.82) is 0 Å². The number of rotatable bonds is 4. The fraction of sp³-hybridized carbons (Fsp3) is 0.294. The topological polar surface area (TPSA) is 35.2 Å². The van der Waals surface area contributed by atoms with Crippen LogP contribution in [-0.2, 0) is 6.42 Å². The van der Waals surface area contributed by atoms with Gasteiger partial charge >= 0.3 is 0 Å². The molecular formula is C17H20BrNO. The largest absolute Gasteiger partial charge is 0.457 e. The minimum Gasteiger partial charge on any atom is -0.457 e. The van der Waals surface area contributed by atoms with Crippen LogP contribution in [0, 0.1) is 13.8 Å². The summed E-state index contributed by atoms with van der Waals surface area (Å²) in [5.74, 6) is 1.76. The Hall–Kier alpha value is -1.32. The van der Waals surface area contributed by atoms with E-state index in [0.717, 1.165) is 33.5 Å². The van der Waals surface area contributed by atoms with Crippen molar-refractivity contribution in [3.8, 4) is 11.5 Å². The van der Waals surface area contributed by atoms with Gasteiger partial charge in [0.25, 0.3) is 0 Å². The number of nitrogens with two attached hydrogens (primary N) is 1. The Labute approximate surface area is 129 Å². The molecule has 0 saturated carbocycles. The average molecular weight is 334 g/mol. The van der Waals surface area contributed by atoms with Gasteiger partial charge in [0.2, 0.25) is 0 Å². The normalized spacial score (nSPS) is 12.2. The highest BCUT2D eigenvalue weighted by Crippen LogP contribution is 2.31. The van der Waals surface area contributed by atoms with Crippen LogP contribution >= 0.6 is 15.9 Å². The van der Waals surface area contributed by atoms with Crippen molar-refractivity contribution < 1.29 is 4.74 Å². The van der Waals surface area contributed by atoms with Crippen LogP contribution in [-0.4, -0.2) is 6.04 Å². The summed E-state index contributed by atoms with van der Waals surface area (Å²) in [4.78, 5) is 0. The molecule has 0 bridgehead atoms. The van der Waals surface area contributed by atoms with Crippen molar-refractivity contribution in [2.24, 2.45) is 5.73 Å². The lowest BCUT2D eigenvalue weighted by atomic mass is 10.1. The van der Waals surface area contributed by atoms with Crippen LogP contribution in [0.25, 0.3) is 0 Å². The highest BCUT2D eigenvalue weighted by molar-refractivity contribution is 9.10. The minimum absolute atomic E-state index is 0.108. The number of hydrogen-bond donors (Lipinski definition) is 1. The molecule has 0 radical (unpaired) electrons. The Balaban J connectivity index is 2.36. The molecule has 0 aliphatic heterocycles. The smallest absolute Gasteiger partial charge is 0.131 e. The standard InChI is InChI=1S/C17H20BrNO/c1-11-4-5-12(2)16(8-11)20-17-10-15(18)7-6-14(17)9-13(3)19/h4-8,10,13H,9,19H2,1-3H3. The first-order valence-electron chi connectivity index (χ1n) is 6.75. The lowest BCUT2D eigenvalue weighted by Gasteiger charge is -2.15. The highest BCUT2D eigenvalue weighted by atomic mass is 79.9. The maximum atomic E-state index is 6.12. The Morgan fingerprint density at radius 3 is 2.55 bits per heavy atom. The summed E-state index contributed by atoms with van der Waals surface area (Å²) in [6, 6.07) is 12.4. The summed E-state index contributed by atoms with van der Waals surface area (Å²) in [5, 5.41) is 0. The van der Waals surface area contributed by atoms with Crippen molar-refractivity contribution in [2.75, 3.05) is 0 Å². The third kappa shape index (κ3) is 3.84. The zero-order valence-electron chi connectivity index (χ0n) is 12.1. The van der Waals surface area contributed by atoms with Crippen LogP contribution in [0.5, 0.6) is 11.5 Å². The number of hydrogen-bond acceptors (Lipinski definition) is 2. The van der Waals surface area contributed by atoms with Crippen molar-refractivity contribution in [3.05, 3.63) is 57.6 Å². The highest BCUT2D eigenvalue weighted by Gasteiger charge is 2.09. The van der Waals surface area contributed by atoms with E-state index in [0.29, 0.717) is 0 Å². The van der Waals surface area contributed by atoms with E-state index in [1.165, 1.54) is 5.56 Å². The molecule has 3 heteroatoms. The van der Waals surface area contributed by atoms with E-state index in [1.54, 1.807) is 0 Å². The van der Waals surface area contributed by atoms with Gasteiger partial charge in [-0.25, -0.2) is 0 Å². The minimum atomic E-state index is 0.108. The predicted octanol–water partition coefficient (Wildman–Crippen LogP) is 4.75. The second-order valence-electron chi connectivity index (χ2n) is 5.30. The first-order chi connectivity index (χ1) is 9.45. The molecule has 2 aromatic carbocycles. The molecule has 0 aliphatic rings. The van der Waals surface area contributed by atoms with Crippen LogP contribution in [0.4, 0.5) is 0 Å². The molecule has 2 nitrogen and oxygen atoms in total. The van der Waals surface area contributed by atoms with Crippen LogP contribution in [0.1, 0.15) is 23.6 Å². The molecule has 2 N–H and O–H groups in total. The molecule has 0 amide bonds. The molecule has 1 atom stereocenters. The summed E-state index contributed by atoms with van der Waals surface area (Å²) >= 11 is 3.50. The molecule has 2 aromatic rings. The molecule has 0 saturated heterocycles. The lowest BCUT2D eigenvalue weighted by molar-refractivity contribution is 0.469. The Morgan fingerprint density at radius 2 is 1.85 bits per heavy atom. The molecule has 106 valence electrons. The summed E-state index contributed by atoms with van der Waals surface area (Å²) in [7, 11) is 0. The second kappa shape index (κ2) is 6.42. The molecule has 0 aliphatic carbocycles. The van der Waals surface area contributed by atoms with E-state index < -0.39 is 0 Å². The maximum Gasteiger partial charge on any atom is 0.131 e. The van der Waals surface area contributed by atoms with Crippen LogP contribution < -0.4 is 10.5 Å². The SMILES string of the molecule is Cc1ccc(C)c(Oc2cc(Br)ccc2CC(C)N)c1. The zero-order valence-corrected chi connectivity index (χ0v) is 13.7. The molecule has 20 heavy (non-hydrogen) atoms. The summed E-state index contributed by atoms with van der Waals surface area (Å²) < 4.78 is 7.12. The molecule has 0 aromatic heterocycles.